The predicted octanol–water partition coefficient (Wildman–Crippen LogP) is 1.62. The van der Waals surface area contributed by atoms with Gasteiger partial charge in [0, 0.05) is 12.7 Å². The number of esters is 1. The molecule has 7 nitrogen and oxygen atoms in total. The van der Waals surface area contributed by atoms with Crippen LogP contribution in [0.1, 0.15) is 21.7 Å². The van der Waals surface area contributed by atoms with Gasteiger partial charge in [0.1, 0.15) is 4.90 Å². The van der Waals surface area contributed by atoms with Crippen molar-refractivity contribution in [2.24, 2.45) is 7.05 Å². The number of benzene rings is 1. The van der Waals surface area contributed by atoms with Gasteiger partial charge in [-0.1, -0.05) is 6.07 Å². The van der Waals surface area contributed by atoms with Gasteiger partial charge in [-0.05, 0) is 32.0 Å². The number of rotatable bonds is 4. The van der Waals surface area contributed by atoms with E-state index in [1.165, 1.54) is 17.9 Å². The van der Waals surface area contributed by atoms with Crippen LogP contribution < -0.4 is 4.72 Å². The van der Waals surface area contributed by atoms with Crippen molar-refractivity contribution in [3.8, 4) is 0 Å². The van der Waals surface area contributed by atoms with E-state index in [-0.39, 0.29) is 16.1 Å². The average molecular weight is 323 g/mol. The minimum absolute atomic E-state index is 0.137. The van der Waals surface area contributed by atoms with E-state index < -0.39 is 16.0 Å². The molecular weight excluding hydrogens is 306 g/mol. The Labute approximate surface area is 129 Å². The van der Waals surface area contributed by atoms with Crippen LogP contribution in [-0.4, -0.2) is 31.3 Å². The maximum atomic E-state index is 12.5. The molecule has 0 bridgehead atoms. The fourth-order valence-corrected chi connectivity index (χ4v) is 3.67. The van der Waals surface area contributed by atoms with Gasteiger partial charge in [0.05, 0.1) is 24.1 Å². The highest BCUT2D eigenvalue weighted by Gasteiger charge is 2.24. The van der Waals surface area contributed by atoms with Gasteiger partial charge in [-0.25, -0.2) is 13.2 Å². The molecule has 118 valence electrons. The molecule has 1 N–H and O–H groups in total. The number of nitrogens with zero attached hydrogens (tertiary/aromatic N) is 2. The molecule has 0 amide bonds. The normalized spacial score (nSPS) is 11.3. The summed E-state index contributed by atoms with van der Waals surface area (Å²) in [5.74, 6) is -0.533. The Morgan fingerprint density at radius 3 is 2.55 bits per heavy atom. The maximum Gasteiger partial charge on any atom is 0.337 e. The summed E-state index contributed by atoms with van der Waals surface area (Å²) in [6.45, 7) is 3.31. The zero-order chi connectivity index (χ0) is 16.5. The monoisotopic (exact) mass is 323 g/mol. The smallest absolute Gasteiger partial charge is 0.337 e. The highest BCUT2D eigenvalue weighted by Crippen LogP contribution is 2.22. The van der Waals surface area contributed by atoms with Crippen molar-refractivity contribution in [1.29, 1.82) is 0 Å². The van der Waals surface area contributed by atoms with Crippen LogP contribution in [0, 0.1) is 13.8 Å². The van der Waals surface area contributed by atoms with Gasteiger partial charge in [0.25, 0.3) is 10.0 Å². The lowest BCUT2D eigenvalue weighted by atomic mass is 10.2. The molecule has 0 saturated heterocycles. The van der Waals surface area contributed by atoms with Gasteiger partial charge in [-0.2, -0.15) is 5.10 Å². The molecule has 0 unspecified atom stereocenters. The van der Waals surface area contributed by atoms with Crippen LogP contribution in [0.15, 0.2) is 29.2 Å². The minimum atomic E-state index is -3.79. The van der Waals surface area contributed by atoms with E-state index in [0.29, 0.717) is 11.4 Å². The van der Waals surface area contributed by atoms with E-state index in [0.717, 1.165) is 0 Å². The predicted molar refractivity (Wildman–Crippen MR) is 81.3 cm³/mol. The Hall–Kier alpha value is -2.35. The number of hydrogen-bond acceptors (Lipinski definition) is 5. The summed E-state index contributed by atoms with van der Waals surface area (Å²) >= 11 is 0. The molecule has 0 aliphatic heterocycles. The Balaban J connectivity index is 2.39. The van der Waals surface area contributed by atoms with Crippen LogP contribution in [0.3, 0.4) is 0 Å². The zero-order valence-corrected chi connectivity index (χ0v) is 13.6. The summed E-state index contributed by atoms with van der Waals surface area (Å²) in [5.41, 5.74) is 1.50. The molecule has 0 atom stereocenters. The van der Waals surface area contributed by atoms with Crippen molar-refractivity contribution in [1.82, 2.24) is 9.78 Å². The number of nitrogens with one attached hydrogen (secondary N) is 1. The van der Waals surface area contributed by atoms with Crippen LogP contribution in [0.5, 0.6) is 0 Å². The number of aryl methyl sites for hydroxylation is 2. The van der Waals surface area contributed by atoms with E-state index in [1.807, 2.05) is 0 Å². The summed E-state index contributed by atoms with van der Waals surface area (Å²) in [7, 11) is -0.843. The van der Waals surface area contributed by atoms with Crippen LogP contribution in [-0.2, 0) is 21.8 Å². The first-order valence-electron chi connectivity index (χ1n) is 6.47. The third kappa shape index (κ3) is 2.96. The number of carbonyl (C=O) groups excluding carboxylic acids is 1. The molecule has 0 aliphatic rings. The molecule has 8 heteroatoms. The molecule has 0 radical (unpaired) electrons. The highest BCUT2D eigenvalue weighted by atomic mass is 32.2. The second-order valence-corrected chi connectivity index (χ2v) is 6.42. The van der Waals surface area contributed by atoms with E-state index >= 15 is 0 Å². The van der Waals surface area contributed by atoms with Gasteiger partial charge in [-0.15, -0.1) is 0 Å². The number of aromatic nitrogens is 2. The molecule has 0 fully saturated rings. The second-order valence-electron chi connectivity index (χ2n) is 4.80. The molecule has 0 aliphatic carbocycles. The molecular formula is C14H17N3O4S. The van der Waals surface area contributed by atoms with Gasteiger partial charge < -0.3 is 4.74 Å². The lowest BCUT2D eigenvalue weighted by Gasteiger charge is -2.09. The van der Waals surface area contributed by atoms with E-state index in [1.54, 1.807) is 39.1 Å². The number of anilines is 1. The first kappa shape index (κ1) is 16.0. The van der Waals surface area contributed by atoms with Crippen LogP contribution >= 0.6 is 0 Å². The largest absolute Gasteiger partial charge is 0.465 e. The number of sulfonamides is 1. The Morgan fingerprint density at radius 1 is 1.32 bits per heavy atom. The Morgan fingerprint density at radius 2 is 2.00 bits per heavy atom. The van der Waals surface area contributed by atoms with Crippen LogP contribution in [0.2, 0.25) is 0 Å². The standard InChI is InChI=1S/C14H17N3O4S/c1-9-13(10(2)17(3)15-9)22(19,20)16-12-7-5-6-11(8-12)14(18)21-4/h5-8,16H,1-4H3. The van der Waals surface area contributed by atoms with Gasteiger partial charge in [-0.3, -0.25) is 9.40 Å². The summed E-state index contributed by atoms with van der Waals surface area (Å²) in [6.07, 6.45) is 0. The van der Waals surface area contributed by atoms with E-state index in [4.69, 9.17) is 0 Å². The SMILES string of the molecule is COC(=O)c1cccc(NS(=O)(=O)c2c(C)nn(C)c2C)c1. The number of carbonyl (C=O) groups is 1. The molecule has 0 spiro atoms. The van der Waals surface area contributed by atoms with Crippen molar-refractivity contribution < 1.29 is 17.9 Å². The molecule has 1 aromatic heterocycles. The van der Waals surface area contributed by atoms with E-state index in [2.05, 4.69) is 14.6 Å². The molecule has 2 rings (SSSR count). The topological polar surface area (TPSA) is 90.3 Å². The van der Waals surface area contributed by atoms with Gasteiger partial charge in [0.15, 0.2) is 0 Å². The second kappa shape index (κ2) is 5.80. The third-order valence-electron chi connectivity index (χ3n) is 3.25. The highest BCUT2D eigenvalue weighted by molar-refractivity contribution is 7.92. The van der Waals surface area contributed by atoms with Crippen LogP contribution in [0.25, 0.3) is 0 Å². The summed E-state index contributed by atoms with van der Waals surface area (Å²) in [6, 6.07) is 6.10. The Kier molecular flexibility index (Phi) is 4.23. The van der Waals surface area contributed by atoms with Crippen molar-refractivity contribution in [3.63, 3.8) is 0 Å². The molecule has 1 heterocycles. The zero-order valence-electron chi connectivity index (χ0n) is 12.7. The van der Waals surface area contributed by atoms with E-state index in [9.17, 15) is 13.2 Å². The Bertz CT molecular complexity index is 825. The number of ether oxygens (including phenoxy) is 1. The lowest BCUT2D eigenvalue weighted by Crippen LogP contribution is -2.15. The molecule has 0 saturated carbocycles. The van der Waals surface area contributed by atoms with Crippen molar-refractivity contribution in [3.05, 3.63) is 41.2 Å². The number of methoxy groups -OCH3 is 1. The fourth-order valence-electron chi connectivity index (χ4n) is 2.18. The summed E-state index contributed by atoms with van der Waals surface area (Å²) < 4.78 is 33.6. The molecule has 1 aromatic carbocycles. The fraction of sp³-hybridized carbons (Fsp3) is 0.286. The minimum Gasteiger partial charge on any atom is -0.465 e. The summed E-state index contributed by atoms with van der Waals surface area (Å²) in [5, 5.41) is 4.10. The quantitative estimate of drug-likeness (QED) is 0.864. The molecule has 22 heavy (non-hydrogen) atoms. The third-order valence-corrected chi connectivity index (χ3v) is 4.88. The summed E-state index contributed by atoms with van der Waals surface area (Å²) in [4.78, 5) is 11.6. The maximum absolute atomic E-state index is 12.5. The van der Waals surface area contributed by atoms with Crippen molar-refractivity contribution in [2.75, 3.05) is 11.8 Å². The van der Waals surface area contributed by atoms with Gasteiger partial charge in [0.2, 0.25) is 0 Å². The molecule has 2 aromatic rings. The first-order valence-corrected chi connectivity index (χ1v) is 7.96. The van der Waals surface area contributed by atoms with Gasteiger partial charge >= 0.3 is 5.97 Å². The average Bonchev–Trinajstić information content (AvgIpc) is 2.71. The lowest BCUT2D eigenvalue weighted by molar-refractivity contribution is 0.0601. The van der Waals surface area contributed by atoms with Crippen LogP contribution in [0.4, 0.5) is 5.69 Å². The van der Waals surface area contributed by atoms with Crippen molar-refractivity contribution >= 4 is 21.7 Å². The van der Waals surface area contributed by atoms with Crippen molar-refractivity contribution in [2.45, 2.75) is 18.7 Å². The first-order chi connectivity index (χ1) is 10.3. The number of hydrogen-bond donors (Lipinski definition) is 1.